The molecule has 178 valence electrons. The number of nitrogens with zero attached hydrogens (tertiary/aromatic N) is 1. The third kappa shape index (κ3) is 6.98. The van der Waals surface area contributed by atoms with Gasteiger partial charge in [-0.25, -0.2) is 4.98 Å². The number of ketones is 1. The fourth-order valence-corrected chi connectivity index (χ4v) is 4.52. The molecule has 2 nitrogen and oxygen atoms in total. The van der Waals surface area contributed by atoms with Crippen molar-refractivity contribution in [3.63, 3.8) is 0 Å². The molecule has 0 saturated carbocycles. The highest BCUT2D eigenvalue weighted by Crippen LogP contribution is 2.41. The number of aryl methyl sites for hydroxylation is 1. The molecule has 1 unspecified atom stereocenters. The Hall–Kier alpha value is -1.57. The molecule has 0 aliphatic rings. The van der Waals surface area contributed by atoms with Crippen molar-refractivity contribution in [1.29, 1.82) is 0 Å². The van der Waals surface area contributed by atoms with Gasteiger partial charge < -0.3 is 0 Å². The predicted octanol–water partition coefficient (Wildman–Crippen LogP) is 9.63. The zero-order valence-electron chi connectivity index (χ0n) is 17.1. The Balaban J connectivity index is 1.77. The Kier molecular flexibility index (Phi) is 9.10. The normalized spacial score (nSPS) is 12.8. The Morgan fingerprint density at radius 1 is 1.03 bits per heavy atom. The van der Waals surface area contributed by atoms with Crippen molar-refractivity contribution in [2.75, 3.05) is 0 Å². The van der Waals surface area contributed by atoms with E-state index in [0.29, 0.717) is 27.2 Å². The highest BCUT2D eigenvalue weighted by atomic mass is 79.9. The van der Waals surface area contributed by atoms with Crippen molar-refractivity contribution in [2.45, 2.75) is 24.9 Å². The van der Waals surface area contributed by atoms with Crippen molar-refractivity contribution < 1.29 is 18.0 Å². The summed E-state index contributed by atoms with van der Waals surface area (Å²) in [6.07, 6.45) is 0.0822. The maximum absolute atomic E-state index is 13.7. The average Bonchev–Trinajstić information content (AvgIpc) is 2.76. The first-order valence-corrected chi connectivity index (χ1v) is 12.1. The van der Waals surface area contributed by atoms with Gasteiger partial charge in [0.05, 0.1) is 21.0 Å². The quantitative estimate of drug-likeness (QED) is 0.151. The van der Waals surface area contributed by atoms with Crippen molar-refractivity contribution in [3.05, 3.63) is 102 Å². The Labute approximate surface area is 222 Å². The van der Waals surface area contributed by atoms with Gasteiger partial charge >= 0.3 is 6.18 Å². The third-order valence-corrected chi connectivity index (χ3v) is 7.00. The smallest absolute Gasteiger partial charge is 0.294 e. The number of hydrogen-bond donors (Lipinski definition) is 0. The van der Waals surface area contributed by atoms with Gasteiger partial charge in [-0.2, -0.15) is 13.2 Å². The minimum atomic E-state index is -4.58. The lowest BCUT2D eigenvalue weighted by Crippen LogP contribution is -2.19. The Morgan fingerprint density at radius 2 is 1.71 bits per heavy atom. The van der Waals surface area contributed by atoms with Crippen LogP contribution in [0.1, 0.15) is 39.4 Å². The van der Waals surface area contributed by atoms with Gasteiger partial charge in [-0.3, -0.25) is 4.79 Å². The molecule has 10 heteroatoms. The largest absolute Gasteiger partial charge is 0.399 e. The molecule has 0 aliphatic heterocycles. The molecule has 0 amide bonds. The minimum Gasteiger partial charge on any atom is -0.294 e. The maximum atomic E-state index is 13.7. The average molecular weight is 612 g/mol. The summed E-state index contributed by atoms with van der Waals surface area (Å²) in [7, 11) is 0. The molecular weight excluding hydrogens is 597 g/mol. The second-order valence-corrected chi connectivity index (χ2v) is 9.76. The lowest BCUT2D eigenvalue weighted by atomic mass is 9.96. The van der Waals surface area contributed by atoms with Crippen LogP contribution in [-0.4, -0.2) is 16.9 Å². The van der Waals surface area contributed by atoms with Crippen molar-refractivity contribution in [3.8, 4) is 0 Å². The van der Waals surface area contributed by atoms with Gasteiger partial charge in [-0.1, -0.05) is 86.6 Å². The van der Waals surface area contributed by atoms with Gasteiger partial charge in [0.1, 0.15) is 5.15 Å². The summed E-state index contributed by atoms with van der Waals surface area (Å²) in [5, 5.41) is 0.239. The number of allylic oxidation sites excluding steroid dienone is 1. The fourth-order valence-electron chi connectivity index (χ4n) is 3.18. The van der Waals surface area contributed by atoms with E-state index in [-0.39, 0.29) is 32.8 Å². The van der Waals surface area contributed by atoms with Crippen LogP contribution in [0.5, 0.6) is 0 Å². The summed E-state index contributed by atoms with van der Waals surface area (Å²) in [6, 6.07) is 10.5. The number of rotatable bonds is 7. The zero-order valence-corrected chi connectivity index (χ0v) is 21.8. The van der Waals surface area contributed by atoms with E-state index in [4.69, 9.17) is 46.4 Å². The van der Waals surface area contributed by atoms with Crippen LogP contribution in [0.2, 0.25) is 20.2 Å². The molecule has 2 aromatic carbocycles. The molecule has 0 N–H and O–H groups in total. The van der Waals surface area contributed by atoms with Crippen LogP contribution < -0.4 is 0 Å². The number of aromatic nitrogens is 1. The molecule has 0 fully saturated rings. The molecule has 1 atom stereocenters. The van der Waals surface area contributed by atoms with E-state index in [2.05, 4.69) is 20.9 Å². The highest BCUT2D eigenvalue weighted by Gasteiger charge is 2.39. The number of carbonyl (C=O) groups is 1. The van der Waals surface area contributed by atoms with Gasteiger partial charge in [0.2, 0.25) is 0 Å². The fraction of sp³-hybridized carbons (Fsp3) is 0.167. The summed E-state index contributed by atoms with van der Waals surface area (Å²) in [4.78, 5) is 16.6. The van der Waals surface area contributed by atoms with Crippen molar-refractivity contribution >= 4 is 74.2 Å². The molecule has 0 radical (unpaired) electrons. The molecule has 0 saturated heterocycles. The molecule has 1 heterocycles. The van der Waals surface area contributed by atoms with E-state index >= 15 is 0 Å². The van der Waals surface area contributed by atoms with Gasteiger partial charge in [0, 0.05) is 22.7 Å². The molecular formula is C24H15BrCl4F3NO. The number of benzene rings is 2. The van der Waals surface area contributed by atoms with Crippen LogP contribution in [0.15, 0.2) is 59.2 Å². The molecule has 0 aliphatic carbocycles. The summed E-state index contributed by atoms with van der Waals surface area (Å²) in [5.41, 5.74) is 1.65. The molecule has 3 aromatic rings. The number of halogens is 8. The predicted molar refractivity (Wildman–Crippen MR) is 135 cm³/mol. The van der Waals surface area contributed by atoms with E-state index in [9.17, 15) is 18.0 Å². The van der Waals surface area contributed by atoms with Crippen LogP contribution in [0.25, 0.3) is 6.08 Å². The summed E-state index contributed by atoms with van der Waals surface area (Å²) >= 11 is 26.8. The van der Waals surface area contributed by atoms with E-state index in [1.165, 1.54) is 6.08 Å². The zero-order chi connectivity index (χ0) is 25.0. The molecule has 34 heavy (non-hydrogen) atoms. The Bertz CT molecular complexity index is 1210. The van der Waals surface area contributed by atoms with Crippen LogP contribution in [0.4, 0.5) is 13.2 Å². The van der Waals surface area contributed by atoms with Gasteiger partial charge in [-0.05, 0) is 53.4 Å². The number of Topliss-reactive ketones (excluding diaryl/α,β-unsaturated/α-hetero) is 1. The van der Waals surface area contributed by atoms with Crippen LogP contribution in [-0.2, 0) is 6.42 Å². The number of alkyl halides is 3. The summed E-state index contributed by atoms with van der Waals surface area (Å²) < 4.78 is 41.7. The summed E-state index contributed by atoms with van der Waals surface area (Å²) in [5.74, 6) is -2.07. The second kappa shape index (κ2) is 11.4. The minimum absolute atomic E-state index is 0.00602. The van der Waals surface area contributed by atoms with Gasteiger partial charge in [0.25, 0.3) is 0 Å². The van der Waals surface area contributed by atoms with Crippen LogP contribution in [0.3, 0.4) is 0 Å². The molecule has 1 aromatic heterocycles. The first kappa shape index (κ1) is 27.0. The van der Waals surface area contributed by atoms with Crippen molar-refractivity contribution in [2.24, 2.45) is 0 Å². The second-order valence-electron chi connectivity index (χ2n) is 7.33. The van der Waals surface area contributed by atoms with E-state index < -0.39 is 12.1 Å². The SMILES string of the molecule is O=C(CCc1ccc(Cl)nc1)c1ccc(/C=C/C(c2cc(Cl)c(Cl)c(Cl)c2)C(F)(F)F)cc1Br. The molecule has 0 spiro atoms. The van der Waals surface area contributed by atoms with E-state index in [0.717, 1.165) is 23.8 Å². The molecule has 3 rings (SSSR count). The van der Waals surface area contributed by atoms with E-state index in [1.54, 1.807) is 36.5 Å². The highest BCUT2D eigenvalue weighted by molar-refractivity contribution is 9.10. The third-order valence-electron chi connectivity index (χ3n) is 4.92. The first-order chi connectivity index (χ1) is 16.0. The topological polar surface area (TPSA) is 30.0 Å². The van der Waals surface area contributed by atoms with Crippen molar-refractivity contribution in [1.82, 2.24) is 4.98 Å². The van der Waals surface area contributed by atoms with E-state index in [1.807, 2.05) is 0 Å². The first-order valence-electron chi connectivity index (χ1n) is 9.78. The Morgan fingerprint density at radius 3 is 2.26 bits per heavy atom. The molecule has 0 bridgehead atoms. The number of pyridine rings is 1. The lowest BCUT2D eigenvalue weighted by molar-refractivity contribution is -0.139. The van der Waals surface area contributed by atoms with Gasteiger partial charge in [-0.15, -0.1) is 0 Å². The van der Waals surface area contributed by atoms with Gasteiger partial charge in [0.15, 0.2) is 5.78 Å². The number of carbonyl (C=O) groups excluding carboxylic acids is 1. The monoisotopic (exact) mass is 609 g/mol. The summed E-state index contributed by atoms with van der Waals surface area (Å²) in [6.45, 7) is 0. The maximum Gasteiger partial charge on any atom is 0.399 e. The van der Waals surface area contributed by atoms with Crippen LogP contribution in [0, 0.1) is 0 Å². The standard InChI is InChI=1S/C24H15BrCl4F3NO/c25-18-9-13(1-5-16(18)21(34)7-3-14-4-8-22(28)33-12-14)2-6-17(24(30,31)32)15-10-19(26)23(29)20(27)11-15/h1-2,4-6,8-12,17H,3,7H2/b6-2+. The van der Waals surface area contributed by atoms with Crippen LogP contribution >= 0.6 is 62.3 Å². The lowest BCUT2D eigenvalue weighted by Gasteiger charge is -2.18. The number of hydrogen-bond acceptors (Lipinski definition) is 2.